The molecule has 0 bridgehead atoms. The second-order valence-electron chi connectivity index (χ2n) is 5.69. The molecule has 3 rings (SSSR count). The topological polar surface area (TPSA) is 66.8 Å². The van der Waals surface area contributed by atoms with Gasteiger partial charge in [-0.05, 0) is 30.7 Å². The predicted molar refractivity (Wildman–Crippen MR) is 97.8 cm³/mol. The van der Waals surface area contributed by atoms with Crippen molar-refractivity contribution in [2.75, 3.05) is 16.4 Å². The van der Waals surface area contributed by atoms with Crippen LogP contribution in [0.4, 0.5) is 5.69 Å². The van der Waals surface area contributed by atoms with Crippen molar-refractivity contribution in [2.45, 2.75) is 31.1 Å². The summed E-state index contributed by atoms with van der Waals surface area (Å²) in [7, 11) is -3.03. The van der Waals surface area contributed by atoms with Gasteiger partial charge < -0.3 is 4.90 Å². The van der Waals surface area contributed by atoms with E-state index in [4.69, 9.17) is 0 Å². The Morgan fingerprint density at radius 2 is 2.04 bits per heavy atom. The number of nitrogens with zero attached hydrogens (tertiary/aromatic N) is 2. The van der Waals surface area contributed by atoms with Crippen LogP contribution in [0.3, 0.4) is 0 Å². The van der Waals surface area contributed by atoms with Crippen LogP contribution in [-0.2, 0) is 14.6 Å². The number of amides is 1. The molecule has 1 aromatic carbocycles. The van der Waals surface area contributed by atoms with Gasteiger partial charge in [0.1, 0.15) is 0 Å². The number of hydrogen-bond donors (Lipinski definition) is 0. The molecular weight excluding hydrogens is 400 g/mol. The minimum absolute atomic E-state index is 0.0585. The maximum atomic E-state index is 12.0. The summed E-state index contributed by atoms with van der Waals surface area (Å²) in [5, 5.41) is 0.562. The summed E-state index contributed by atoms with van der Waals surface area (Å²) in [6, 6.07) is 7.49. The quantitative estimate of drug-likeness (QED) is 0.757. The number of amidine groups is 1. The zero-order valence-electron chi connectivity index (χ0n) is 12.6. The van der Waals surface area contributed by atoms with Gasteiger partial charge in [0, 0.05) is 21.8 Å². The third-order valence-corrected chi connectivity index (χ3v) is 7.59. The summed E-state index contributed by atoms with van der Waals surface area (Å²) in [6.45, 7) is 1.94. The van der Waals surface area contributed by atoms with E-state index in [1.807, 2.05) is 36.1 Å². The summed E-state index contributed by atoms with van der Waals surface area (Å²) in [4.78, 5) is 18.1. The van der Waals surface area contributed by atoms with Gasteiger partial charge in [-0.25, -0.2) is 8.42 Å². The minimum atomic E-state index is -3.03. The molecule has 2 aliphatic rings. The predicted octanol–water partition coefficient (Wildman–Crippen LogP) is 2.85. The number of carbonyl (C=O) groups is 1. The van der Waals surface area contributed by atoms with E-state index in [-0.39, 0.29) is 28.7 Å². The lowest BCUT2D eigenvalue weighted by atomic mass is 10.2. The molecule has 0 N–H and O–H groups in total. The van der Waals surface area contributed by atoms with Crippen LogP contribution in [0.2, 0.25) is 0 Å². The lowest BCUT2D eigenvalue weighted by Gasteiger charge is -2.24. The first-order valence-electron chi connectivity index (χ1n) is 7.43. The average Bonchev–Trinajstić information content (AvgIpc) is 2.91. The number of fused-ring (bicyclic) bond motifs is 1. The van der Waals surface area contributed by atoms with Crippen LogP contribution in [0.5, 0.6) is 0 Å². The smallest absolute Gasteiger partial charge is 0.248 e. The Morgan fingerprint density at radius 1 is 1.35 bits per heavy atom. The molecule has 0 aromatic heterocycles. The number of aliphatic imine (C=N–C) groups is 1. The second-order valence-corrected chi connectivity index (χ2v) is 9.96. The lowest BCUT2D eigenvalue weighted by Crippen LogP contribution is -2.37. The van der Waals surface area contributed by atoms with E-state index in [2.05, 4.69) is 20.9 Å². The Bertz CT molecular complexity index is 746. The van der Waals surface area contributed by atoms with Gasteiger partial charge in [-0.2, -0.15) is 4.99 Å². The molecule has 124 valence electrons. The monoisotopic (exact) mass is 416 g/mol. The van der Waals surface area contributed by atoms with Crippen LogP contribution in [-0.4, -0.2) is 42.3 Å². The molecule has 2 aliphatic heterocycles. The molecule has 2 saturated heterocycles. The summed E-state index contributed by atoms with van der Waals surface area (Å²) in [6.07, 6.45) is 1.16. The number of benzene rings is 1. The highest BCUT2D eigenvalue weighted by Gasteiger charge is 2.49. The van der Waals surface area contributed by atoms with E-state index in [9.17, 15) is 13.2 Å². The normalized spacial score (nSPS) is 27.4. The minimum Gasteiger partial charge on any atom is -0.316 e. The third kappa shape index (κ3) is 3.64. The largest absolute Gasteiger partial charge is 0.316 e. The zero-order chi connectivity index (χ0) is 16.6. The molecule has 2 fully saturated rings. The highest BCUT2D eigenvalue weighted by atomic mass is 79.9. The molecule has 0 unspecified atom stereocenters. The van der Waals surface area contributed by atoms with E-state index in [1.54, 1.807) is 0 Å². The average molecular weight is 417 g/mol. The van der Waals surface area contributed by atoms with Gasteiger partial charge in [0.25, 0.3) is 0 Å². The van der Waals surface area contributed by atoms with Gasteiger partial charge in [-0.3, -0.25) is 4.79 Å². The van der Waals surface area contributed by atoms with Crippen LogP contribution in [0.15, 0.2) is 33.7 Å². The fourth-order valence-electron chi connectivity index (χ4n) is 2.84. The van der Waals surface area contributed by atoms with Crippen molar-refractivity contribution in [3.8, 4) is 0 Å². The van der Waals surface area contributed by atoms with Gasteiger partial charge in [-0.15, -0.1) is 0 Å². The Morgan fingerprint density at radius 3 is 2.70 bits per heavy atom. The third-order valence-electron chi connectivity index (χ3n) is 3.86. The number of rotatable bonds is 3. The number of thioether (sulfide) groups is 1. The van der Waals surface area contributed by atoms with Crippen molar-refractivity contribution in [2.24, 2.45) is 4.99 Å². The SMILES string of the molecule is CCCC(=O)N=C1S[C@H]2CS(=O)(=O)C[C@H]2N1c1ccc(Br)cc1. The van der Waals surface area contributed by atoms with Crippen LogP contribution in [0.25, 0.3) is 0 Å². The Kier molecular flexibility index (Phi) is 4.85. The molecule has 0 aliphatic carbocycles. The summed E-state index contributed by atoms with van der Waals surface area (Å²) in [5.41, 5.74) is 0.869. The van der Waals surface area contributed by atoms with E-state index in [0.717, 1.165) is 16.6 Å². The number of sulfone groups is 1. The molecule has 1 amide bonds. The van der Waals surface area contributed by atoms with Crippen LogP contribution >= 0.6 is 27.7 Å². The Hall–Kier alpha value is -0.860. The molecule has 0 saturated carbocycles. The first-order chi connectivity index (χ1) is 10.9. The maximum absolute atomic E-state index is 12.0. The fourth-order valence-corrected chi connectivity index (χ4v) is 7.04. The van der Waals surface area contributed by atoms with Crippen molar-refractivity contribution < 1.29 is 13.2 Å². The Balaban J connectivity index is 1.97. The molecule has 1 aromatic rings. The fraction of sp³-hybridized carbons (Fsp3) is 0.467. The molecule has 2 heterocycles. The molecule has 23 heavy (non-hydrogen) atoms. The highest BCUT2D eigenvalue weighted by Crippen LogP contribution is 2.41. The maximum Gasteiger partial charge on any atom is 0.248 e. The van der Waals surface area contributed by atoms with Gasteiger partial charge >= 0.3 is 0 Å². The number of hydrogen-bond acceptors (Lipinski definition) is 4. The summed E-state index contributed by atoms with van der Waals surface area (Å²) >= 11 is 4.81. The first kappa shape index (κ1) is 17.0. The van der Waals surface area contributed by atoms with Gasteiger partial charge in [0.2, 0.25) is 5.91 Å². The van der Waals surface area contributed by atoms with E-state index < -0.39 is 9.84 Å². The standard InChI is InChI=1S/C15H17BrN2O3S2/c1-2-3-14(19)17-15-18(11-6-4-10(16)5-7-11)12-8-23(20,21)9-13(12)22-15/h4-7,12-13H,2-3,8-9H2,1H3/t12-,13+/m1/s1. The highest BCUT2D eigenvalue weighted by molar-refractivity contribution is 9.10. The molecule has 0 radical (unpaired) electrons. The van der Waals surface area contributed by atoms with Crippen molar-refractivity contribution in [3.05, 3.63) is 28.7 Å². The second kappa shape index (κ2) is 6.57. The summed E-state index contributed by atoms with van der Waals surface area (Å²) < 4.78 is 24.9. The molecule has 0 spiro atoms. The van der Waals surface area contributed by atoms with E-state index in [0.29, 0.717) is 11.6 Å². The van der Waals surface area contributed by atoms with Gasteiger partial charge in [-0.1, -0.05) is 34.6 Å². The van der Waals surface area contributed by atoms with Crippen molar-refractivity contribution in [1.82, 2.24) is 0 Å². The molecular formula is C15H17BrN2O3S2. The van der Waals surface area contributed by atoms with Crippen molar-refractivity contribution in [3.63, 3.8) is 0 Å². The van der Waals surface area contributed by atoms with Crippen LogP contribution in [0, 0.1) is 0 Å². The van der Waals surface area contributed by atoms with E-state index in [1.165, 1.54) is 11.8 Å². The van der Waals surface area contributed by atoms with Crippen molar-refractivity contribution in [1.29, 1.82) is 0 Å². The molecule has 5 nitrogen and oxygen atoms in total. The van der Waals surface area contributed by atoms with Crippen LogP contribution < -0.4 is 4.90 Å². The van der Waals surface area contributed by atoms with E-state index >= 15 is 0 Å². The summed E-state index contributed by atoms with van der Waals surface area (Å²) in [5.74, 6) is 0.109. The number of halogens is 1. The lowest BCUT2D eigenvalue weighted by molar-refractivity contribution is -0.117. The van der Waals surface area contributed by atoms with Crippen molar-refractivity contribution >= 4 is 54.3 Å². The first-order valence-corrected chi connectivity index (χ1v) is 10.9. The molecule has 2 atom stereocenters. The van der Waals surface area contributed by atoms with Crippen LogP contribution in [0.1, 0.15) is 19.8 Å². The zero-order valence-corrected chi connectivity index (χ0v) is 15.8. The number of carbonyl (C=O) groups excluding carboxylic acids is 1. The molecule has 8 heteroatoms. The number of anilines is 1. The Labute approximate surface area is 148 Å². The van der Waals surface area contributed by atoms with Gasteiger partial charge in [0.15, 0.2) is 15.0 Å². The van der Waals surface area contributed by atoms with Gasteiger partial charge in [0.05, 0.1) is 17.5 Å².